The van der Waals surface area contributed by atoms with Crippen LogP contribution in [0.2, 0.25) is 0 Å². The van der Waals surface area contributed by atoms with Crippen LogP contribution in [0.1, 0.15) is 17.5 Å². The highest BCUT2D eigenvalue weighted by molar-refractivity contribution is 7.98. The van der Waals surface area contributed by atoms with Gasteiger partial charge in [-0.25, -0.2) is 0 Å². The fourth-order valence-corrected chi connectivity index (χ4v) is 2.35. The summed E-state index contributed by atoms with van der Waals surface area (Å²) in [6.07, 6.45) is 5.48. The lowest BCUT2D eigenvalue weighted by atomic mass is 9.89. The smallest absolute Gasteiger partial charge is 0.00825 e. The molecule has 1 aliphatic rings. The highest BCUT2D eigenvalue weighted by Crippen LogP contribution is 2.25. The molecule has 1 aromatic rings. The van der Waals surface area contributed by atoms with Crippen LogP contribution in [-0.4, -0.2) is 12.3 Å². The molecular formula is C11H15NS. The molecule has 1 aliphatic carbocycles. The molecule has 0 bridgehead atoms. The van der Waals surface area contributed by atoms with E-state index in [0.717, 1.165) is 19.3 Å². The number of fused-ring (bicyclic) bond motifs is 1. The minimum Gasteiger partial charge on any atom is -0.327 e. The Morgan fingerprint density at radius 1 is 1.38 bits per heavy atom. The summed E-state index contributed by atoms with van der Waals surface area (Å²) in [7, 11) is 0. The van der Waals surface area contributed by atoms with Gasteiger partial charge in [-0.05, 0) is 48.8 Å². The van der Waals surface area contributed by atoms with Crippen LogP contribution in [-0.2, 0) is 12.8 Å². The maximum atomic E-state index is 5.93. The lowest BCUT2D eigenvalue weighted by Crippen LogP contribution is -2.27. The second-order valence-electron chi connectivity index (χ2n) is 3.64. The summed E-state index contributed by atoms with van der Waals surface area (Å²) in [6, 6.07) is 7.14. The Morgan fingerprint density at radius 3 is 3.00 bits per heavy atom. The largest absolute Gasteiger partial charge is 0.327 e. The second-order valence-corrected chi connectivity index (χ2v) is 4.52. The average molecular weight is 193 g/mol. The van der Waals surface area contributed by atoms with Crippen molar-refractivity contribution in [3.8, 4) is 0 Å². The summed E-state index contributed by atoms with van der Waals surface area (Å²) < 4.78 is 0. The molecule has 0 aromatic heterocycles. The Morgan fingerprint density at radius 2 is 2.23 bits per heavy atom. The molecule has 0 fully saturated rings. The van der Waals surface area contributed by atoms with E-state index < -0.39 is 0 Å². The molecule has 1 atom stereocenters. The van der Waals surface area contributed by atoms with Crippen LogP contribution < -0.4 is 5.73 Å². The van der Waals surface area contributed by atoms with Gasteiger partial charge in [0.2, 0.25) is 0 Å². The third-order valence-corrected chi connectivity index (χ3v) is 3.41. The molecule has 0 aliphatic heterocycles. The summed E-state index contributed by atoms with van der Waals surface area (Å²) in [5, 5.41) is 0. The van der Waals surface area contributed by atoms with Crippen LogP contribution in [0, 0.1) is 0 Å². The Balaban J connectivity index is 2.32. The van der Waals surface area contributed by atoms with Crippen LogP contribution in [0.25, 0.3) is 0 Å². The van der Waals surface area contributed by atoms with Crippen molar-refractivity contribution in [2.75, 3.05) is 6.26 Å². The number of aryl methyl sites for hydroxylation is 1. The predicted molar refractivity (Wildman–Crippen MR) is 58.2 cm³/mol. The van der Waals surface area contributed by atoms with Crippen LogP contribution in [0.5, 0.6) is 0 Å². The van der Waals surface area contributed by atoms with Crippen molar-refractivity contribution in [2.24, 2.45) is 5.73 Å². The third kappa shape index (κ3) is 1.89. The highest BCUT2D eigenvalue weighted by Gasteiger charge is 2.14. The first-order valence-electron chi connectivity index (χ1n) is 4.71. The summed E-state index contributed by atoms with van der Waals surface area (Å²) in [6.45, 7) is 0. The van der Waals surface area contributed by atoms with Crippen LogP contribution >= 0.6 is 11.8 Å². The van der Waals surface area contributed by atoms with Gasteiger partial charge in [-0.15, -0.1) is 11.8 Å². The first-order chi connectivity index (χ1) is 6.29. The van der Waals surface area contributed by atoms with Gasteiger partial charge in [0.15, 0.2) is 0 Å². The number of thioether (sulfide) groups is 1. The van der Waals surface area contributed by atoms with E-state index in [1.807, 2.05) is 0 Å². The van der Waals surface area contributed by atoms with Gasteiger partial charge in [-0.2, -0.15) is 0 Å². The van der Waals surface area contributed by atoms with Crippen molar-refractivity contribution in [2.45, 2.75) is 30.2 Å². The maximum absolute atomic E-state index is 5.93. The molecule has 0 heterocycles. The number of benzene rings is 1. The fourth-order valence-electron chi connectivity index (χ4n) is 1.89. The monoisotopic (exact) mass is 193 g/mol. The van der Waals surface area contributed by atoms with E-state index in [1.54, 1.807) is 11.8 Å². The zero-order valence-corrected chi connectivity index (χ0v) is 8.73. The number of rotatable bonds is 1. The predicted octanol–water partition coefficient (Wildman–Crippen LogP) is 2.22. The third-order valence-electron chi connectivity index (χ3n) is 2.68. The van der Waals surface area contributed by atoms with E-state index in [-0.39, 0.29) is 0 Å². The molecule has 70 valence electrons. The van der Waals surface area contributed by atoms with Crippen molar-refractivity contribution in [3.63, 3.8) is 0 Å². The Labute approximate surface area is 83.7 Å². The Kier molecular flexibility index (Phi) is 2.61. The minimum absolute atomic E-state index is 0.379. The van der Waals surface area contributed by atoms with Crippen LogP contribution in [0.3, 0.4) is 0 Å². The van der Waals surface area contributed by atoms with Gasteiger partial charge >= 0.3 is 0 Å². The topological polar surface area (TPSA) is 26.0 Å². The molecule has 0 saturated carbocycles. The summed E-state index contributed by atoms with van der Waals surface area (Å²) in [4.78, 5) is 1.35. The Hall–Kier alpha value is -0.470. The normalized spacial score (nSPS) is 21.2. The minimum atomic E-state index is 0.379. The molecule has 0 amide bonds. The Bertz CT molecular complexity index is 309. The van der Waals surface area contributed by atoms with Gasteiger partial charge in [-0.3, -0.25) is 0 Å². The fraction of sp³-hybridized carbons (Fsp3) is 0.455. The molecule has 2 N–H and O–H groups in total. The quantitative estimate of drug-likeness (QED) is 0.692. The molecule has 0 radical (unpaired) electrons. The van der Waals surface area contributed by atoms with Crippen molar-refractivity contribution in [1.29, 1.82) is 0 Å². The summed E-state index contributed by atoms with van der Waals surface area (Å²) >= 11 is 1.80. The van der Waals surface area contributed by atoms with Gasteiger partial charge in [0, 0.05) is 10.9 Å². The molecule has 1 nitrogen and oxygen atoms in total. The van der Waals surface area contributed by atoms with E-state index in [4.69, 9.17) is 5.73 Å². The van der Waals surface area contributed by atoms with Crippen LogP contribution in [0.4, 0.5) is 0 Å². The van der Waals surface area contributed by atoms with Crippen molar-refractivity contribution < 1.29 is 0 Å². The van der Waals surface area contributed by atoms with Crippen LogP contribution in [0.15, 0.2) is 23.1 Å². The van der Waals surface area contributed by atoms with Gasteiger partial charge in [0.05, 0.1) is 0 Å². The van der Waals surface area contributed by atoms with Crippen molar-refractivity contribution in [1.82, 2.24) is 0 Å². The van der Waals surface area contributed by atoms with E-state index in [9.17, 15) is 0 Å². The molecule has 2 rings (SSSR count). The summed E-state index contributed by atoms with van der Waals surface area (Å²) in [5.74, 6) is 0. The number of hydrogen-bond acceptors (Lipinski definition) is 2. The number of nitrogens with two attached hydrogens (primary N) is 1. The average Bonchev–Trinajstić information content (AvgIpc) is 2.16. The highest BCUT2D eigenvalue weighted by atomic mass is 32.2. The van der Waals surface area contributed by atoms with Crippen molar-refractivity contribution >= 4 is 11.8 Å². The van der Waals surface area contributed by atoms with Gasteiger partial charge in [-0.1, -0.05) is 6.07 Å². The SMILES string of the molecule is CSc1ccc2c(c1)C[C@H](N)CC2. The molecular weight excluding hydrogens is 178 g/mol. The molecule has 13 heavy (non-hydrogen) atoms. The summed E-state index contributed by atoms with van der Waals surface area (Å²) in [5.41, 5.74) is 8.90. The number of hydrogen-bond donors (Lipinski definition) is 1. The zero-order valence-electron chi connectivity index (χ0n) is 7.92. The molecule has 0 saturated heterocycles. The second kappa shape index (κ2) is 3.72. The molecule has 2 heteroatoms. The molecule has 0 spiro atoms. The van der Waals surface area contributed by atoms with Gasteiger partial charge in [0.1, 0.15) is 0 Å². The van der Waals surface area contributed by atoms with E-state index >= 15 is 0 Å². The lowest BCUT2D eigenvalue weighted by Gasteiger charge is -2.21. The van der Waals surface area contributed by atoms with E-state index in [1.165, 1.54) is 16.0 Å². The van der Waals surface area contributed by atoms with E-state index in [2.05, 4.69) is 24.5 Å². The first-order valence-corrected chi connectivity index (χ1v) is 5.93. The maximum Gasteiger partial charge on any atom is 0.00825 e. The first kappa shape index (κ1) is 9.10. The molecule has 0 unspecified atom stereocenters. The lowest BCUT2D eigenvalue weighted by molar-refractivity contribution is 0.575. The van der Waals surface area contributed by atoms with E-state index in [0.29, 0.717) is 6.04 Å². The van der Waals surface area contributed by atoms with Gasteiger partial charge < -0.3 is 5.73 Å². The van der Waals surface area contributed by atoms with Gasteiger partial charge in [0.25, 0.3) is 0 Å². The van der Waals surface area contributed by atoms with Crippen molar-refractivity contribution in [3.05, 3.63) is 29.3 Å². The zero-order chi connectivity index (χ0) is 9.26. The molecule has 1 aromatic carbocycles. The standard InChI is InChI=1S/C11H15NS/c1-13-11-5-3-8-2-4-10(12)6-9(8)7-11/h3,5,7,10H,2,4,6,12H2,1H3/t10-/m1/s1.